The molecule has 2 rings (SSSR count). The van der Waals surface area contributed by atoms with Crippen LogP contribution in [0.1, 0.15) is 38.1 Å². The summed E-state index contributed by atoms with van der Waals surface area (Å²) >= 11 is 0. The van der Waals surface area contributed by atoms with E-state index >= 15 is 0 Å². The van der Waals surface area contributed by atoms with Crippen LogP contribution in [0.2, 0.25) is 0 Å². The Morgan fingerprint density at radius 3 is 2.90 bits per heavy atom. The Balaban J connectivity index is 2.00. The van der Waals surface area contributed by atoms with Crippen LogP contribution in [-0.2, 0) is 11.3 Å². The molecule has 0 bridgehead atoms. The Kier molecular flexibility index (Phi) is 4.48. The molecule has 0 saturated carbocycles. The normalized spacial score (nSPS) is 19.9. The second-order valence-corrected chi connectivity index (χ2v) is 6.36. The third-order valence-electron chi connectivity index (χ3n) is 4.29. The summed E-state index contributed by atoms with van der Waals surface area (Å²) in [6.45, 7) is 8.45. The van der Waals surface area contributed by atoms with Crippen LogP contribution in [0.15, 0.2) is 10.6 Å². The van der Waals surface area contributed by atoms with Crippen LogP contribution in [0.5, 0.6) is 0 Å². The lowest BCUT2D eigenvalue weighted by Crippen LogP contribution is -2.47. The molecule has 0 radical (unpaired) electrons. The second-order valence-electron chi connectivity index (χ2n) is 6.36. The van der Waals surface area contributed by atoms with Crippen molar-refractivity contribution in [2.75, 3.05) is 20.1 Å². The van der Waals surface area contributed by atoms with Gasteiger partial charge in [0.15, 0.2) is 0 Å². The summed E-state index contributed by atoms with van der Waals surface area (Å²) in [6.07, 6.45) is 2.26. The summed E-state index contributed by atoms with van der Waals surface area (Å²) in [5, 5.41) is 7.34. The first-order valence-corrected chi connectivity index (χ1v) is 7.29. The van der Waals surface area contributed by atoms with Crippen molar-refractivity contribution < 1.29 is 9.32 Å². The number of rotatable bonds is 4. The van der Waals surface area contributed by atoms with Gasteiger partial charge in [-0.15, -0.1) is 0 Å². The fourth-order valence-electron chi connectivity index (χ4n) is 2.94. The smallest absolute Gasteiger partial charge is 0.228 e. The highest BCUT2D eigenvalue weighted by Gasteiger charge is 2.39. The van der Waals surface area contributed by atoms with Crippen LogP contribution in [0.4, 0.5) is 0 Å². The zero-order chi connectivity index (χ0) is 14.8. The molecule has 1 N–H and O–H groups in total. The average Bonchev–Trinajstić information content (AvgIpc) is 2.84. The van der Waals surface area contributed by atoms with Crippen LogP contribution in [0, 0.1) is 18.3 Å². The molecule has 2 heterocycles. The summed E-state index contributed by atoms with van der Waals surface area (Å²) in [7, 11) is 1.84. The van der Waals surface area contributed by atoms with Crippen molar-refractivity contribution in [1.29, 1.82) is 0 Å². The predicted molar refractivity (Wildman–Crippen MR) is 77.1 cm³/mol. The molecule has 1 aliphatic rings. The SMILES string of the molecule is Cc1cc(CN(C)C(=O)C(C)(C)C2CCCNC2)no1. The molecule has 5 heteroatoms. The molecule has 5 nitrogen and oxygen atoms in total. The molecular formula is C15H25N3O2. The van der Waals surface area contributed by atoms with Crippen LogP contribution in [-0.4, -0.2) is 36.1 Å². The molecule has 0 aromatic carbocycles. The quantitative estimate of drug-likeness (QED) is 0.915. The number of nitrogens with zero attached hydrogens (tertiary/aromatic N) is 2. The lowest BCUT2D eigenvalue weighted by molar-refractivity contribution is -0.143. The number of aryl methyl sites for hydroxylation is 1. The van der Waals surface area contributed by atoms with E-state index in [0.29, 0.717) is 12.5 Å². The molecule has 1 aliphatic heterocycles. The summed E-state index contributed by atoms with van der Waals surface area (Å²) in [4.78, 5) is 14.5. The molecule has 20 heavy (non-hydrogen) atoms. The lowest BCUT2D eigenvalue weighted by Gasteiger charge is -2.38. The van der Waals surface area contributed by atoms with Gasteiger partial charge in [-0.2, -0.15) is 0 Å². The van der Waals surface area contributed by atoms with E-state index in [1.807, 2.05) is 20.0 Å². The number of aromatic nitrogens is 1. The number of hydrogen-bond donors (Lipinski definition) is 1. The third-order valence-corrected chi connectivity index (χ3v) is 4.29. The third kappa shape index (κ3) is 3.20. The van der Waals surface area contributed by atoms with E-state index in [1.165, 1.54) is 0 Å². The first kappa shape index (κ1) is 15.0. The minimum Gasteiger partial charge on any atom is -0.361 e. The maximum absolute atomic E-state index is 12.7. The summed E-state index contributed by atoms with van der Waals surface area (Å²) in [5.41, 5.74) is 0.455. The van der Waals surface area contributed by atoms with E-state index in [2.05, 4.69) is 24.3 Å². The van der Waals surface area contributed by atoms with Crippen molar-refractivity contribution in [2.45, 2.75) is 40.2 Å². The van der Waals surface area contributed by atoms with Gasteiger partial charge < -0.3 is 14.7 Å². The number of hydrogen-bond acceptors (Lipinski definition) is 4. The molecule has 1 fully saturated rings. The molecule has 1 aromatic heterocycles. The van der Waals surface area contributed by atoms with Crippen molar-refractivity contribution in [3.8, 4) is 0 Å². The fourth-order valence-corrected chi connectivity index (χ4v) is 2.94. The van der Waals surface area contributed by atoms with E-state index in [9.17, 15) is 4.79 Å². The van der Waals surface area contributed by atoms with E-state index in [1.54, 1.807) is 4.90 Å². The van der Waals surface area contributed by atoms with E-state index < -0.39 is 0 Å². The van der Waals surface area contributed by atoms with Gasteiger partial charge in [0, 0.05) is 18.5 Å². The Hall–Kier alpha value is -1.36. The van der Waals surface area contributed by atoms with Crippen molar-refractivity contribution in [1.82, 2.24) is 15.4 Å². The van der Waals surface area contributed by atoms with Crippen molar-refractivity contribution in [2.24, 2.45) is 11.3 Å². The van der Waals surface area contributed by atoms with E-state index in [4.69, 9.17) is 4.52 Å². The van der Waals surface area contributed by atoms with Gasteiger partial charge in [-0.3, -0.25) is 4.79 Å². The van der Waals surface area contributed by atoms with Gasteiger partial charge in [0.2, 0.25) is 5.91 Å². The Bertz CT molecular complexity index is 461. The highest BCUT2D eigenvalue weighted by molar-refractivity contribution is 5.82. The summed E-state index contributed by atoms with van der Waals surface area (Å²) < 4.78 is 5.05. The Labute approximate surface area is 120 Å². The Morgan fingerprint density at radius 2 is 2.35 bits per heavy atom. The topological polar surface area (TPSA) is 58.4 Å². The molecule has 1 atom stereocenters. The van der Waals surface area contributed by atoms with Crippen LogP contribution >= 0.6 is 0 Å². The zero-order valence-corrected chi connectivity index (χ0v) is 12.9. The minimum atomic E-state index is -0.346. The van der Waals surface area contributed by atoms with Crippen LogP contribution in [0.3, 0.4) is 0 Å². The molecular weight excluding hydrogens is 254 g/mol. The van der Waals surface area contributed by atoms with Gasteiger partial charge in [0.1, 0.15) is 11.5 Å². The first-order valence-electron chi connectivity index (χ1n) is 7.29. The van der Waals surface area contributed by atoms with Gasteiger partial charge in [-0.1, -0.05) is 19.0 Å². The summed E-state index contributed by atoms with van der Waals surface area (Å²) in [5.74, 6) is 1.34. The maximum atomic E-state index is 12.7. The molecule has 1 unspecified atom stereocenters. The summed E-state index contributed by atoms with van der Waals surface area (Å²) in [6, 6.07) is 1.87. The van der Waals surface area contributed by atoms with Gasteiger partial charge in [-0.05, 0) is 38.8 Å². The number of carbonyl (C=O) groups excluding carboxylic acids is 1. The number of nitrogens with one attached hydrogen (secondary N) is 1. The number of piperidine rings is 1. The standard InChI is InChI=1S/C15H25N3O2/c1-11-8-13(17-20-11)10-18(4)14(19)15(2,3)12-6-5-7-16-9-12/h8,12,16H,5-7,9-10H2,1-4H3. The van der Waals surface area contributed by atoms with Crippen LogP contribution < -0.4 is 5.32 Å². The second kappa shape index (κ2) is 5.95. The highest BCUT2D eigenvalue weighted by atomic mass is 16.5. The van der Waals surface area contributed by atoms with Crippen molar-refractivity contribution in [3.63, 3.8) is 0 Å². The van der Waals surface area contributed by atoms with Crippen molar-refractivity contribution >= 4 is 5.91 Å². The first-order chi connectivity index (χ1) is 9.41. The molecule has 1 amide bonds. The lowest BCUT2D eigenvalue weighted by atomic mass is 9.74. The predicted octanol–water partition coefficient (Wildman–Crippen LogP) is 1.97. The van der Waals surface area contributed by atoms with Gasteiger partial charge in [0.25, 0.3) is 0 Å². The maximum Gasteiger partial charge on any atom is 0.228 e. The highest BCUT2D eigenvalue weighted by Crippen LogP contribution is 2.33. The molecule has 0 spiro atoms. The average molecular weight is 279 g/mol. The zero-order valence-electron chi connectivity index (χ0n) is 12.9. The van der Waals surface area contributed by atoms with Gasteiger partial charge >= 0.3 is 0 Å². The van der Waals surface area contributed by atoms with Crippen molar-refractivity contribution in [3.05, 3.63) is 17.5 Å². The molecule has 112 valence electrons. The van der Waals surface area contributed by atoms with Gasteiger partial charge in [0.05, 0.1) is 6.54 Å². The number of amides is 1. The van der Waals surface area contributed by atoms with E-state index in [0.717, 1.165) is 37.4 Å². The van der Waals surface area contributed by atoms with Gasteiger partial charge in [-0.25, -0.2) is 0 Å². The largest absolute Gasteiger partial charge is 0.361 e. The van der Waals surface area contributed by atoms with E-state index in [-0.39, 0.29) is 11.3 Å². The number of carbonyl (C=O) groups is 1. The molecule has 1 saturated heterocycles. The molecule has 0 aliphatic carbocycles. The van der Waals surface area contributed by atoms with Crippen LogP contribution in [0.25, 0.3) is 0 Å². The minimum absolute atomic E-state index is 0.173. The Morgan fingerprint density at radius 1 is 1.60 bits per heavy atom. The monoisotopic (exact) mass is 279 g/mol. The fraction of sp³-hybridized carbons (Fsp3) is 0.733. The molecule has 1 aromatic rings.